The third-order valence-electron chi connectivity index (χ3n) is 4.46. The first-order chi connectivity index (χ1) is 15.2. The number of nitrogens with zero attached hydrogens (tertiary/aromatic N) is 1. The molecule has 0 unspecified atom stereocenters. The number of hydrogen-bond donors (Lipinski definition) is 0. The SMILES string of the molecule is CC(C)=C=C(CN(CC#C[Si](C)(C)C)S(=O)(=O)c1ccc(C)cc1)S(=O)(=O)c1ccccc1. The Labute approximate surface area is 199 Å². The molecule has 0 spiro atoms. The summed E-state index contributed by atoms with van der Waals surface area (Å²) in [5.74, 6) is 2.98. The summed E-state index contributed by atoms with van der Waals surface area (Å²) in [4.78, 5) is 0.0744. The number of sulfonamides is 1. The van der Waals surface area contributed by atoms with Gasteiger partial charge in [0.2, 0.25) is 19.9 Å². The van der Waals surface area contributed by atoms with E-state index in [4.69, 9.17) is 0 Å². The summed E-state index contributed by atoms with van der Waals surface area (Å²) in [5, 5.41) is 0. The average molecular weight is 502 g/mol. The van der Waals surface area contributed by atoms with Gasteiger partial charge in [-0.1, -0.05) is 61.5 Å². The lowest BCUT2D eigenvalue weighted by atomic mass is 10.2. The van der Waals surface area contributed by atoms with Crippen molar-refractivity contribution in [2.45, 2.75) is 50.2 Å². The fraction of sp³-hybridized carbons (Fsp3) is 0.320. The summed E-state index contributed by atoms with van der Waals surface area (Å²) in [5.41, 5.74) is 7.61. The Balaban J connectivity index is 2.62. The summed E-state index contributed by atoms with van der Waals surface area (Å²) < 4.78 is 54.9. The van der Waals surface area contributed by atoms with Crippen LogP contribution in [0.5, 0.6) is 0 Å². The van der Waals surface area contributed by atoms with E-state index in [1.165, 1.54) is 24.3 Å². The van der Waals surface area contributed by atoms with Gasteiger partial charge in [0.25, 0.3) is 0 Å². The van der Waals surface area contributed by atoms with Crippen LogP contribution in [0.4, 0.5) is 0 Å². The van der Waals surface area contributed by atoms with E-state index in [0.717, 1.165) is 9.87 Å². The number of sulfone groups is 1. The molecule has 0 N–H and O–H groups in total. The van der Waals surface area contributed by atoms with E-state index in [2.05, 4.69) is 36.8 Å². The second-order valence-electron chi connectivity index (χ2n) is 9.00. The Kier molecular flexibility index (Phi) is 8.69. The van der Waals surface area contributed by atoms with Crippen molar-refractivity contribution < 1.29 is 16.8 Å². The first-order valence-corrected chi connectivity index (χ1v) is 17.0. The third-order valence-corrected chi connectivity index (χ3v) is 8.97. The lowest BCUT2D eigenvalue weighted by molar-refractivity contribution is 0.474. The van der Waals surface area contributed by atoms with Crippen LogP contribution in [0.2, 0.25) is 19.6 Å². The Morgan fingerprint density at radius 2 is 1.45 bits per heavy atom. The van der Waals surface area contributed by atoms with Gasteiger partial charge in [-0.25, -0.2) is 16.8 Å². The normalized spacial score (nSPS) is 12.0. The lowest BCUT2D eigenvalue weighted by Crippen LogP contribution is -2.35. The topological polar surface area (TPSA) is 71.5 Å². The first-order valence-electron chi connectivity index (χ1n) is 10.5. The van der Waals surface area contributed by atoms with E-state index < -0.39 is 27.9 Å². The highest BCUT2D eigenvalue weighted by atomic mass is 32.2. The molecule has 8 heteroatoms. The number of benzene rings is 2. The van der Waals surface area contributed by atoms with Crippen molar-refractivity contribution in [2.24, 2.45) is 0 Å². The highest BCUT2D eigenvalue weighted by Gasteiger charge is 2.30. The highest BCUT2D eigenvalue weighted by Crippen LogP contribution is 2.23. The molecule has 0 radical (unpaired) electrons. The summed E-state index contributed by atoms with van der Waals surface area (Å²) in [6.07, 6.45) is 0. The van der Waals surface area contributed by atoms with Crippen LogP contribution in [0.3, 0.4) is 0 Å². The van der Waals surface area contributed by atoms with Crippen LogP contribution in [0.1, 0.15) is 19.4 Å². The van der Waals surface area contributed by atoms with Crippen LogP contribution in [-0.4, -0.2) is 42.3 Å². The van der Waals surface area contributed by atoms with Gasteiger partial charge in [-0.3, -0.25) is 0 Å². The zero-order chi connectivity index (χ0) is 24.9. The van der Waals surface area contributed by atoms with Crippen molar-refractivity contribution in [1.29, 1.82) is 0 Å². The molecule has 0 bridgehead atoms. The van der Waals surface area contributed by atoms with Gasteiger partial charge in [0.15, 0.2) is 0 Å². The molecule has 0 saturated carbocycles. The van der Waals surface area contributed by atoms with E-state index >= 15 is 0 Å². The predicted octanol–water partition coefficient (Wildman–Crippen LogP) is 4.79. The summed E-state index contributed by atoms with van der Waals surface area (Å²) in [6.45, 7) is 11.0. The molecule has 0 aliphatic heterocycles. The molecule has 0 fully saturated rings. The fourth-order valence-corrected chi connectivity index (χ4v) is 6.32. The maximum absolute atomic E-state index is 13.5. The maximum Gasteiger partial charge on any atom is 0.244 e. The minimum atomic E-state index is -4.00. The van der Waals surface area contributed by atoms with Crippen LogP contribution in [0, 0.1) is 18.4 Å². The highest BCUT2D eigenvalue weighted by molar-refractivity contribution is 7.95. The number of aryl methyl sites for hydroxylation is 1. The molecule has 0 heterocycles. The van der Waals surface area contributed by atoms with Crippen LogP contribution in [0.15, 0.2) is 80.6 Å². The van der Waals surface area contributed by atoms with Gasteiger partial charge >= 0.3 is 0 Å². The molecule has 2 rings (SSSR count). The zero-order valence-electron chi connectivity index (χ0n) is 20.0. The summed E-state index contributed by atoms with van der Waals surface area (Å²) in [6, 6.07) is 14.5. The quantitative estimate of drug-likeness (QED) is 0.311. The minimum Gasteiger partial charge on any atom is -0.218 e. The average Bonchev–Trinajstić information content (AvgIpc) is 2.72. The third kappa shape index (κ3) is 7.56. The van der Waals surface area contributed by atoms with Crippen molar-refractivity contribution in [2.75, 3.05) is 13.1 Å². The van der Waals surface area contributed by atoms with E-state index in [-0.39, 0.29) is 27.8 Å². The second kappa shape index (κ2) is 10.7. The Bertz CT molecular complexity index is 1320. The summed E-state index contributed by atoms with van der Waals surface area (Å²) >= 11 is 0. The molecular weight excluding hydrogens is 470 g/mol. The molecule has 0 saturated heterocycles. The fourth-order valence-electron chi connectivity index (χ4n) is 2.85. The lowest BCUT2D eigenvalue weighted by Gasteiger charge is -2.21. The molecule has 0 atom stereocenters. The molecule has 0 amide bonds. The van der Waals surface area contributed by atoms with Crippen molar-refractivity contribution in [3.63, 3.8) is 0 Å². The molecule has 0 aliphatic carbocycles. The van der Waals surface area contributed by atoms with Gasteiger partial charge in [-0.05, 0) is 50.6 Å². The van der Waals surface area contributed by atoms with Crippen LogP contribution >= 0.6 is 0 Å². The van der Waals surface area contributed by atoms with Crippen LogP contribution in [-0.2, 0) is 19.9 Å². The smallest absolute Gasteiger partial charge is 0.218 e. The van der Waals surface area contributed by atoms with E-state index in [0.29, 0.717) is 5.57 Å². The predicted molar refractivity (Wildman–Crippen MR) is 137 cm³/mol. The van der Waals surface area contributed by atoms with Crippen molar-refractivity contribution in [3.8, 4) is 11.5 Å². The van der Waals surface area contributed by atoms with Gasteiger partial charge in [0.05, 0.1) is 22.9 Å². The monoisotopic (exact) mass is 501 g/mol. The van der Waals surface area contributed by atoms with Gasteiger partial charge in [-0.15, -0.1) is 11.3 Å². The van der Waals surface area contributed by atoms with Gasteiger partial charge in [0.1, 0.15) is 13.0 Å². The first kappa shape index (κ1) is 26.8. The molecule has 2 aromatic rings. The molecular formula is C25H31NO4S2Si. The summed E-state index contributed by atoms with van der Waals surface area (Å²) in [7, 11) is -9.70. The second-order valence-corrected chi connectivity index (χ2v) is 17.7. The minimum absolute atomic E-state index is 0.0922. The van der Waals surface area contributed by atoms with E-state index in [1.54, 1.807) is 44.2 Å². The van der Waals surface area contributed by atoms with Crippen LogP contribution in [0.25, 0.3) is 0 Å². The largest absolute Gasteiger partial charge is 0.244 e. The van der Waals surface area contributed by atoms with E-state index in [1.807, 2.05) is 6.92 Å². The van der Waals surface area contributed by atoms with Gasteiger partial charge in [-0.2, -0.15) is 4.31 Å². The molecule has 0 aromatic heterocycles. The van der Waals surface area contributed by atoms with Crippen molar-refractivity contribution in [1.82, 2.24) is 4.31 Å². The van der Waals surface area contributed by atoms with Crippen LogP contribution < -0.4 is 0 Å². The Hall–Kier alpha value is -2.40. The van der Waals surface area contributed by atoms with Gasteiger partial charge in [0, 0.05) is 0 Å². The molecule has 176 valence electrons. The number of rotatable bonds is 7. The molecule has 33 heavy (non-hydrogen) atoms. The molecule has 5 nitrogen and oxygen atoms in total. The molecule has 0 aliphatic rings. The van der Waals surface area contributed by atoms with Crippen molar-refractivity contribution >= 4 is 27.9 Å². The van der Waals surface area contributed by atoms with E-state index in [9.17, 15) is 16.8 Å². The van der Waals surface area contributed by atoms with Gasteiger partial charge < -0.3 is 0 Å². The zero-order valence-corrected chi connectivity index (χ0v) is 22.6. The maximum atomic E-state index is 13.5. The molecule has 2 aromatic carbocycles. The van der Waals surface area contributed by atoms with Crippen molar-refractivity contribution in [3.05, 3.63) is 76.4 Å². The Morgan fingerprint density at radius 1 is 0.879 bits per heavy atom. The Morgan fingerprint density at radius 3 is 1.97 bits per heavy atom. The standard InChI is InChI=1S/C25H31NO4S2Si/c1-21(2)19-25(31(27,28)23-11-8-7-9-12-23)20-26(17-10-18-33(4,5)6)32(29,30)24-15-13-22(3)14-16-24/h7-9,11-16H,17,20H2,1-6H3. The number of hydrogen-bond acceptors (Lipinski definition) is 4.